The number of hydrogen-bond acceptors (Lipinski definition) is 5. The van der Waals surface area contributed by atoms with E-state index in [2.05, 4.69) is 0 Å². The molecule has 0 aromatic heterocycles. The molecule has 2 aliphatic heterocycles. The summed E-state index contributed by atoms with van der Waals surface area (Å²) in [6.45, 7) is 0.713. The largest absolute Gasteiger partial charge is 1.00 e. The first-order valence-corrected chi connectivity index (χ1v) is 4.47. The minimum absolute atomic E-state index is 0. The van der Waals surface area contributed by atoms with Gasteiger partial charge in [-0.2, -0.15) is 0 Å². The van der Waals surface area contributed by atoms with Gasteiger partial charge in [-0.1, -0.05) is 11.8 Å². The molecule has 6 heteroatoms. The Hall–Kier alpha value is 0.0300. The maximum absolute atomic E-state index is 10.9. The molecular formula is C7H6NNaO3S. The van der Waals surface area contributed by atoms with Gasteiger partial charge in [0.05, 0.1) is 17.0 Å². The van der Waals surface area contributed by atoms with Crippen LogP contribution < -0.4 is 34.7 Å². The molecule has 0 N–H and O–H groups in total. The minimum atomic E-state index is -1.26. The number of carbonyl (C=O) groups is 2. The minimum Gasteiger partial charge on any atom is -0.543 e. The quantitative estimate of drug-likeness (QED) is 0.409. The van der Waals surface area contributed by atoms with Crippen LogP contribution in [0, 0.1) is 0 Å². The Kier molecular flexibility index (Phi) is 3.45. The van der Waals surface area contributed by atoms with Gasteiger partial charge < -0.3 is 14.8 Å². The molecule has 13 heavy (non-hydrogen) atoms. The van der Waals surface area contributed by atoms with Crippen molar-refractivity contribution in [3.8, 4) is 0 Å². The van der Waals surface area contributed by atoms with E-state index in [9.17, 15) is 14.7 Å². The van der Waals surface area contributed by atoms with Crippen LogP contribution in [-0.2, 0) is 9.59 Å². The van der Waals surface area contributed by atoms with Crippen LogP contribution in [-0.4, -0.2) is 27.9 Å². The van der Waals surface area contributed by atoms with Crippen LogP contribution in [0.1, 0.15) is 6.42 Å². The van der Waals surface area contributed by atoms with Crippen molar-refractivity contribution in [2.75, 3.05) is 6.54 Å². The number of carboxylic acids is 1. The fourth-order valence-electron chi connectivity index (χ4n) is 1.30. The Balaban J connectivity index is 0.000000845. The van der Waals surface area contributed by atoms with E-state index in [0.29, 0.717) is 6.54 Å². The zero-order valence-corrected chi connectivity index (χ0v) is 9.97. The monoisotopic (exact) mass is 207 g/mol. The number of hydrogen-bond donors (Lipinski definition) is 0. The number of carbonyl (C=O) groups excluding carboxylic acids is 2. The van der Waals surface area contributed by atoms with E-state index in [1.54, 1.807) is 4.90 Å². The second kappa shape index (κ2) is 4.04. The molecule has 0 aliphatic carbocycles. The van der Waals surface area contributed by atoms with Crippen LogP contribution >= 0.6 is 11.8 Å². The molecule has 0 radical (unpaired) electrons. The summed E-state index contributed by atoms with van der Waals surface area (Å²) in [6, 6.07) is 0. The number of fused-ring (bicyclic) bond motifs is 1. The molecule has 1 saturated heterocycles. The van der Waals surface area contributed by atoms with E-state index in [0.717, 1.165) is 12.5 Å². The van der Waals surface area contributed by atoms with Gasteiger partial charge in [0.15, 0.2) is 0 Å². The predicted octanol–water partition coefficient (Wildman–Crippen LogP) is -4.07. The van der Waals surface area contributed by atoms with E-state index in [4.69, 9.17) is 0 Å². The van der Waals surface area contributed by atoms with Gasteiger partial charge in [-0.3, -0.25) is 4.79 Å². The van der Waals surface area contributed by atoms with Gasteiger partial charge in [0, 0.05) is 12.6 Å². The number of nitrogens with zero attached hydrogens (tertiary/aromatic N) is 1. The molecule has 0 aromatic carbocycles. The number of thioether (sulfide) groups is 1. The van der Waals surface area contributed by atoms with Crippen LogP contribution in [0.4, 0.5) is 0 Å². The fourth-order valence-corrected chi connectivity index (χ4v) is 2.32. The Labute approximate surface area is 102 Å². The zero-order chi connectivity index (χ0) is 8.72. The molecule has 64 valence electrons. The summed E-state index contributed by atoms with van der Waals surface area (Å²) >= 11 is 1.18. The van der Waals surface area contributed by atoms with Crippen LogP contribution in [0.5, 0.6) is 0 Å². The predicted molar refractivity (Wildman–Crippen MR) is 40.8 cm³/mol. The fraction of sp³-hybridized carbons (Fsp3) is 0.429. The SMILES string of the molecule is O=C1C=C(C(=O)[O-])N2CCC2S1.[Na+]. The van der Waals surface area contributed by atoms with Gasteiger partial charge >= 0.3 is 29.6 Å². The maximum Gasteiger partial charge on any atom is 1.00 e. The number of rotatable bonds is 1. The topological polar surface area (TPSA) is 60.4 Å². The normalized spacial score (nSPS) is 25.2. The molecule has 4 nitrogen and oxygen atoms in total. The first-order valence-electron chi connectivity index (χ1n) is 3.59. The molecule has 0 bridgehead atoms. The summed E-state index contributed by atoms with van der Waals surface area (Å²) in [7, 11) is 0. The molecule has 0 spiro atoms. The van der Waals surface area contributed by atoms with E-state index < -0.39 is 5.97 Å². The zero-order valence-electron chi connectivity index (χ0n) is 7.15. The van der Waals surface area contributed by atoms with Crippen molar-refractivity contribution in [2.45, 2.75) is 11.8 Å². The van der Waals surface area contributed by atoms with Gasteiger partial charge in [0.25, 0.3) is 0 Å². The van der Waals surface area contributed by atoms with E-state index in [-0.39, 0.29) is 45.7 Å². The first kappa shape index (κ1) is 11.1. The summed E-state index contributed by atoms with van der Waals surface area (Å²) in [5.74, 6) is -1.26. The Morgan fingerprint density at radius 3 is 2.85 bits per heavy atom. The molecule has 1 atom stereocenters. The molecule has 0 aromatic rings. The second-order valence-electron chi connectivity index (χ2n) is 2.69. The van der Waals surface area contributed by atoms with Gasteiger partial charge in [-0.25, -0.2) is 0 Å². The van der Waals surface area contributed by atoms with E-state index in [1.807, 2.05) is 0 Å². The van der Waals surface area contributed by atoms with Crippen molar-refractivity contribution in [3.05, 3.63) is 11.8 Å². The Morgan fingerprint density at radius 2 is 2.38 bits per heavy atom. The molecule has 0 amide bonds. The van der Waals surface area contributed by atoms with Crippen LogP contribution in [0.2, 0.25) is 0 Å². The molecular weight excluding hydrogens is 201 g/mol. The van der Waals surface area contributed by atoms with Crippen molar-refractivity contribution in [2.24, 2.45) is 0 Å². The van der Waals surface area contributed by atoms with Gasteiger partial charge in [-0.05, 0) is 6.42 Å². The van der Waals surface area contributed by atoms with Crippen molar-refractivity contribution < 1.29 is 44.3 Å². The van der Waals surface area contributed by atoms with Crippen molar-refractivity contribution >= 4 is 22.8 Å². The average molecular weight is 207 g/mol. The third-order valence-electron chi connectivity index (χ3n) is 1.99. The Bertz CT molecular complexity index is 291. The molecule has 1 fully saturated rings. The van der Waals surface area contributed by atoms with Crippen molar-refractivity contribution in [1.82, 2.24) is 4.90 Å². The summed E-state index contributed by atoms with van der Waals surface area (Å²) in [5.41, 5.74) is 0.0370. The van der Waals surface area contributed by atoms with E-state index >= 15 is 0 Å². The summed E-state index contributed by atoms with van der Waals surface area (Å²) in [4.78, 5) is 23.1. The van der Waals surface area contributed by atoms with Gasteiger partial charge in [-0.15, -0.1) is 0 Å². The van der Waals surface area contributed by atoms with Crippen LogP contribution in [0.25, 0.3) is 0 Å². The van der Waals surface area contributed by atoms with Crippen LogP contribution in [0.3, 0.4) is 0 Å². The summed E-state index contributed by atoms with van der Waals surface area (Å²) in [5, 5.41) is 10.4. The molecule has 0 saturated carbocycles. The first-order chi connectivity index (χ1) is 5.68. The summed E-state index contributed by atoms with van der Waals surface area (Å²) in [6.07, 6.45) is 2.01. The van der Waals surface area contributed by atoms with Gasteiger partial charge in [0.1, 0.15) is 0 Å². The molecule has 2 rings (SSSR count). The van der Waals surface area contributed by atoms with Crippen molar-refractivity contribution in [3.63, 3.8) is 0 Å². The smallest absolute Gasteiger partial charge is 0.543 e. The Morgan fingerprint density at radius 1 is 1.69 bits per heavy atom. The van der Waals surface area contributed by atoms with E-state index in [1.165, 1.54) is 11.8 Å². The third-order valence-corrected chi connectivity index (χ3v) is 3.10. The average Bonchev–Trinajstić information content (AvgIpc) is 1.95. The standard InChI is InChI=1S/C7H7NO3S.Na/c9-6-3-4(7(10)11)8-2-1-5(8)12-6;/h3,5H,1-2H2,(H,10,11);/q;+1/p-1. The number of carboxylic acid groups (broad SMARTS) is 1. The number of aliphatic carboxylic acids is 1. The molecule has 1 unspecified atom stereocenters. The molecule has 2 heterocycles. The maximum atomic E-state index is 10.9. The third kappa shape index (κ3) is 1.93. The second-order valence-corrected chi connectivity index (χ2v) is 3.87. The van der Waals surface area contributed by atoms with Gasteiger partial charge in [0.2, 0.25) is 5.12 Å². The summed E-state index contributed by atoms with van der Waals surface area (Å²) < 4.78 is 0. The molecule has 2 aliphatic rings. The van der Waals surface area contributed by atoms with Crippen LogP contribution in [0.15, 0.2) is 11.8 Å². The van der Waals surface area contributed by atoms with Crippen molar-refractivity contribution in [1.29, 1.82) is 0 Å².